The van der Waals surface area contributed by atoms with Gasteiger partial charge in [0, 0.05) is 13.2 Å². The van der Waals surface area contributed by atoms with E-state index in [2.05, 4.69) is 10.4 Å². The van der Waals surface area contributed by atoms with Gasteiger partial charge < -0.3 is 10.2 Å². The summed E-state index contributed by atoms with van der Waals surface area (Å²) in [5.41, 5.74) is 0.797. The van der Waals surface area contributed by atoms with Crippen LogP contribution in [-0.2, 0) is 23.2 Å². The maximum Gasteiger partial charge on any atom is 0.245 e. The number of nitrogens with zero attached hydrogens (tertiary/aromatic N) is 3. The Morgan fingerprint density at radius 2 is 2.17 bits per heavy atom. The van der Waals surface area contributed by atoms with Gasteiger partial charge in [-0.25, -0.2) is 0 Å². The fourth-order valence-corrected chi connectivity index (χ4v) is 2.23. The predicted molar refractivity (Wildman–Crippen MR) is 65.4 cm³/mol. The highest BCUT2D eigenvalue weighted by atomic mass is 16.2. The lowest BCUT2D eigenvalue weighted by atomic mass is 10.1. The summed E-state index contributed by atoms with van der Waals surface area (Å²) in [4.78, 5) is 25.6. The summed E-state index contributed by atoms with van der Waals surface area (Å²) >= 11 is 0. The zero-order valence-corrected chi connectivity index (χ0v) is 10.9. The van der Waals surface area contributed by atoms with Crippen molar-refractivity contribution >= 4 is 11.8 Å². The van der Waals surface area contributed by atoms with Gasteiger partial charge in [-0.2, -0.15) is 5.10 Å². The van der Waals surface area contributed by atoms with Crippen molar-refractivity contribution in [2.75, 3.05) is 0 Å². The Bertz CT molecular complexity index is 468. The van der Waals surface area contributed by atoms with Crippen LogP contribution in [0.4, 0.5) is 0 Å². The maximum atomic E-state index is 12.1. The third-order valence-corrected chi connectivity index (χ3v) is 3.18. The summed E-state index contributed by atoms with van der Waals surface area (Å²) in [6, 6.07) is 1.01. The Balaban J connectivity index is 2.20. The molecule has 2 unspecified atom stereocenters. The number of carbonyl (C=O) groups excluding carboxylic acids is 2. The molecular weight excluding hydrogens is 232 g/mol. The molecule has 98 valence electrons. The average molecular weight is 250 g/mol. The Kier molecular flexibility index (Phi) is 3.36. The van der Waals surface area contributed by atoms with Crippen LogP contribution < -0.4 is 5.32 Å². The summed E-state index contributed by atoms with van der Waals surface area (Å²) < 4.78 is 1.69. The molecule has 6 heteroatoms. The molecule has 2 rings (SSSR count). The highest BCUT2D eigenvalue weighted by Gasteiger charge is 2.37. The van der Waals surface area contributed by atoms with Crippen LogP contribution in [0.15, 0.2) is 12.3 Å². The van der Waals surface area contributed by atoms with E-state index in [0.29, 0.717) is 13.0 Å². The predicted octanol–water partition coefficient (Wildman–Crippen LogP) is 0.0456. The molecular formula is C12H18N4O2. The lowest BCUT2D eigenvalue weighted by molar-refractivity contribution is -0.149. The molecule has 2 atom stereocenters. The van der Waals surface area contributed by atoms with Crippen molar-refractivity contribution in [1.29, 1.82) is 0 Å². The number of rotatable bonds is 3. The third kappa shape index (κ3) is 2.23. The topological polar surface area (TPSA) is 67.2 Å². The van der Waals surface area contributed by atoms with Gasteiger partial charge in [0.05, 0.1) is 12.2 Å². The highest BCUT2D eigenvalue weighted by molar-refractivity contribution is 5.96. The molecule has 1 aromatic heterocycles. The van der Waals surface area contributed by atoms with E-state index in [0.717, 1.165) is 5.69 Å². The third-order valence-electron chi connectivity index (χ3n) is 3.18. The van der Waals surface area contributed by atoms with Crippen molar-refractivity contribution in [2.24, 2.45) is 7.05 Å². The molecule has 18 heavy (non-hydrogen) atoms. The van der Waals surface area contributed by atoms with E-state index in [1.54, 1.807) is 16.5 Å². The summed E-state index contributed by atoms with van der Waals surface area (Å²) in [6.07, 6.45) is 2.44. The molecule has 1 N–H and O–H groups in total. The van der Waals surface area contributed by atoms with Gasteiger partial charge in [0.25, 0.3) is 0 Å². The van der Waals surface area contributed by atoms with Crippen molar-refractivity contribution in [2.45, 2.75) is 38.9 Å². The van der Waals surface area contributed by atoms with Crippen LogP contribution in [0.5, 0.6) is 0 Å². The van der Waals surface area contributed by atoms with E-state index in [1.807, 2.05) is 26.2 Å². The number of carbonyl (C=O) groups is 2. The lowest BCUT2D eigenvalue weighted by Crippen LogP contribution is -2.61. The van der Waals surface area contributed by atoms with E-state index in [1.165, 1.54) is 0 Å². The molecule has 1 aliphatic heterocycles. The second-order valence-electron chi connectivity index (χ2n) is 4.60. The summed E-state index contributed by atoms with van der Waals surface area (Å²) in [5.74, 6) is -0.132. The Morgan fingerprint density at radius 3 is 2.72 bits per heavy atom. The number of piperazine rings is 1. The molecule has 1 saturated heterocycles. The standard InChI is InChI=1S/C12H18N4O2/c1-4-10-11(17)13-8(2)12(18)16(10)7-9-5-6-15(3)14-9/h5-6,8,10H,4,7H2,1-3H3,(H,13,17). The zero-order valence-electron chi connectivity index (χ0n) is 10.9. The van der Waals surface area contributed by atoms with E-state index < -0.39 is 12.1 Å². The largest absolute Gasteiger partial charge is 0.343 e. The van der Waals surface area contributed by atoms with Crippen molar-refractivity contribution in [3.63, 3.8) is 0 Å². The van der Waals surface area contributed by atoms with Crippen LogP contribution in [0.3, 0.4) is 0 Å². The maximum absolute atomic E-state index is 12.1. The van der Waals surface area contributed by atoms with E-state index in [4.69, 9.17) is 0 Å². The van der Waals surface area contributed by atoms with Gasteiger partial charge >= 0.3 is 0 Å². The van der Waals surface area contributed by atoms with Crippen molar-refractivity contribution < 1.29 is 9.59 Å². The Labute approximate surface area is 106 Å². The molecule has 0 saturated carbocycles. The quantitative estimate of drug-likeness (QED) is 0.824. The van der Waals surface area contributed by atoms with E-state index >= 15 is 0 Å². The first-order chi connectivity index (χ1) is 8.52. The van der Waals surface area contributed by atoms with E-state index in [9.17, 15) is 9.59 Å². The minimum absolute atomic E-state index is 0.0490. The molecule has 1 aliphatic rings. The van der Waals surface area contributed by atoms with Crippen LogP contribution in [-0.4, -0.2) is 38.6 Å². The van der Waals surface area contributed by atoms with Crippen molar-refractivity contribution in [3.8, 4) is 0 Å². The highest BCUT2D eigenvalue weighted by Crippen LogP contribution is 2.16. The summed E-state index contributed by atoms with van der Waals surface area (Å²) in [6.45, 7) is 3.99. The van der Waals surface area contributed by atoms with Crippen LogP contribution in [0.1, 0.15) is 26.0 Å². The first-order valence-corrected chi connectivity index (χ1v) is 6.12. The molecule has 1 fully saturated rings. The Morgan fingerprint density at radius 1 is 1.44 bits per heavy atom. The number of amides is 2. The molecule has 2 heterocycles. The van der Waals surface area contributed by atoms with Gasteiger partial charge in [0.1, 0.15) is 12.1 Å². The molecule has 0 radical (unpaired) electrons. The monoisotopic (exact) mass is 250 g/mol. The molecule has 0 aromatic carbocycles. The van der Waals surface area contributed by atoms with Crippen LogP contribution >= 0.6 is 0 Å². The second kappa shape index (κ2) is 4.80. The number of hydrogen-bond acceptors (Lipinski definition) is 3. The first kappa shape index (κ1) is 12.6. The lowest BCUT2D eigenvalue weighted by Gasteiger charge is -2.37. The van der Waals surface area contributed by atoms with Gasteiger partial charge in [-0.05, 0) is 19.4 Å². The number of aryl methyl sites for hydroxylation is 1. The second-order valence-corrected chi connectivity index (χ2v) is 4.60. The van der Waals surface area contributed by atoms with Gasteiger partial charge in [0.2, 0.25) is 11.8 Å². The molecule has 0 aliphatic carbocycles. The van der Waals surface area contributed by atoms with Gasteiger partial charge in [0.15, 0.2) is 0 Å². The zero-order chi connectivity index (χ0) is 13.3. The minimum Gasteiger partial charge on any atom is -0.343 e. The SMILES string of the molecule is CCC1C(=O)NC(C)C(=O)N1Cc1ccn(C)n1. The van der Waals surface area contributed by atoms with Crippen LogP contribution in [0.2, 0.25) is 0 Å². The number of hydrogen-bond donors (Lipinski definition) is 1. The fraction of sp³-hybridized carbons (Fsp3) is 0.583. The number of aromatic nitrogens is 2. The molecule has 0 bridgehead atoms. The van der Waals surface area contributed by atoms with E-state index in [-0.39, 0.29) is 11.8 Å². The number of nitrogens with one attached hydrogen (secondary N) is 1. The average Bonchev–Trinajstić information content (AvgIpc) is 2.72. The summed E-state index contributed by atoms with van der Waals surface area (Å²) in [5, 5.41) is 6.94. The molecule has 2 amide bonds. The van der Waals surface area contributed by atoms with Crippen LogP contribution in [0, 0.1) is 0 Å². The van der Waals surface area contributed by atoms with Crippen LogP contribution in [0.25, 0.3) is 0 Å². The fourth-order valence-electron chi connectivity index (χ4n) is 2.23. The molecule has 0 spiro atoms. The van der Waals surface area contributed by atoms with Gasteiger partial charge in [-0.15, -0.1) is 0 Å². The summed E-state index contributed by atoms with van der Waals surface area (Å²) in [7, 11) is 1.83. The van der Waals surface area contributed by atoms with Crippen molar-refractivity contribution in [1.82, 2.24) is 20.0 Å². The molecule has 1 aromatic rings. The molecule has 6 nitrogen and oxygen atoms in total. The normalized spacial score (nSPS) is 24.3. The smallest absolute Gasteiger partial charge is 0.245 e. The minimum atomic E-state index is -0.455. The Hall–Kier alpha value is -1.85. The van der Waals surface area contributed by atoms with Gasteiger partial charge in [-0.3, -0.25) is 14.3 Å². The first-order valence-electron chi connectivity index (χ1n) is 6.12. The van der Waals surface area contributed by atoms with Gasteiger partial charge in [-0.1, -0.05) is 6.92 Å². The van der Waals surface area contributed by atoms with Crippen molar-refractivity contribution in [3.05, 3.63) is 18.0 Å².